The molecule has 1 aliphatic rings. The van der Waals surface area contributed by atoms with Gasteiger partial charge < -0.3 is 14.8 Å². The van der Waals surface area contributed by atoms with E-state index in [1.807, 2.05) is 45.2 Å². The van der Waals surface area contributed by atoms with Gasteiger partial charge in [0.2, 0.25) is 5.91 Å². The highest BCUT2D eigenvalue weighted by molar-refractivity contribution is 7.17. The van der Waals surface area contributed by atoms with E-state index in [1.54, 1.807) is 11.3 Å². The first-order valence-corrected chi connectivity index (χ1v) is 12.1. The number of fused-ring (bicyclic) bond motifs is 3. The van der Waals surface area contributed by atoms with Crippen molar-refractivity contribution < 1.29 is 9.59 Å². The third-order valence-corrected chi connectivity index (χ3v) is 7.32. The highest BCUT2D eigenvalue weighted by Crippen LogP contribution is 2.31. The number of aromatic nitrogens is 1. The summed E-state index contributed by atoms with van der Waals surface area (Å²) in [7, 11) is 0. The molecule has 2 unspecified atom stereocenters. The van der Waals surface area contributed by atoms with E-state index in [1.165, 1.54) is 5.56 Å². The molecule has 4 rings (SSSR count). The van der Waals surface area contributed by atoms with Gasteiger partial charge >= 0.3 is 0 Å². The van der Waals surface area contributed by atoms with E-state index in [2.05, 4.69) is 38.2 Å². The molecule has 3 heterocycles. The molecule has 6 heteroatoms. The van der Waals surface area contributed by atoms with Crippen molar-refractivity contribution in [2.24, 2.45) is 0 Å². The molecule has 31 heavy (non-hydrogen) atoms. The molecule has 1 aromatic carbocycles. The van der Waals surface area contributed by atoms with Gasteiger partial charge in [-0.25, -0.2) is 0 Å². The Kier molecular flexibility index (Phi) is 6.46. The first-order chi connectivity index (χ1) is 15.0. The van der Waals surface area contributed by atoms with Gasteiger partial charge in [0.05, 0.1) is 16.8 Å². The van der Waals surface area contributed by atoms with E-state index in [9.17, 15) is 9.59 Å². The van der Waals surface area contributed by atoms with Gasteiger partial charge in [0, 0.05) is 12.1 Å². The molecule has 0 spiro atoms. The molecular weight excluding hydrogens is 406 g/mol. The van der Waals surface area contributed by atoms with Crippen LogP contribution in [0.2, 0.25) is 0 Å². The van der Waals surface area contributed by atoms with E-state index in [0.717, 1.165) is 35.9 Å². The molecule has 2 amide bonds. The largest absolute Gasteiger partial charge is 0.352 e. The van der Waals surface area contributed by atoms with Crippen LogP contribution in [0.4, 0.5) is 0 Å². The third kappa shape index (κ3) is 4.26. The van der Waals surface area contributed by atoms with Gasteiger partial charge in [-0.2, -0.15) is 0 Å². The Bertz CT molecular complexity index is 1050. The van der Waals surface area contributed by atoms with Crippen LogP contribution >= 0.6 is 11.3 Å². The lowest BCUT2D eigenvalue weighted by Crippen LogP contribution is -2.59. The number of hydrogen-bond donors (Lipinski definition) is 1. The summed E-state index contributed by atoms with van der Waals surface area (Å²) < 4.78 is 3.13. The van der Waals surface area contributed by atoms with Crippen molar-refractivity contribution in [3.8, 4) is 0 Å². The van der Waals surface area contributed by atoms with Gasteiger partial charge in [-0.1, -0.05) is 44.2 Å². The Balaban J connectivity index is 1.62. The van der Waals surface area contributed by atoms with Crippen molar-refractivity contribution in [1.82, 2.24) is 14.8 Å². The van der Waals surface area contributed by atoms with Gasteiger partial charge in [0.1, 0.15) is 11.7 Å². The number of rotatable bonds is 8. The Morgan fingerprint density at radius 2 is 1.94 bits per heavy atom. The number of nitrogens with one attached hydrogen (secondary N) is 1. The van der Waals surface area contributed by atoms with E-state index >= 15 is 0 Å². The zero-order valence-electron chi connectivity index (χ0n) is 18.5. The zero-order valence-corrected chi connectivity index (χ0v) is 19.3. The zero-order chi connectivity index (χ0) is 22.0. The summed E-state index contributed by atoms with van der Waals surface area (Å²) in [5, 5.41) is 5.22. The molecule has 2 atom stereocenters. The Morgan fingerprint density at radius 1 is 1.19 bits per heavy atom. The molecular formula is C25H31N3O2S. The van der Waals surface area contributed by atoms with Gasteiger partial charge in [0.25, 0.3) is 5.91 Å². The number of amides is 2. The van der Waals surface area contributed by atoms with E-state index in [4.69, 9.17) is 0 Å². The molecule has 0 radical (unpaired) electrons. The lowest BCUT2D eigenvalue weighted by atomic mass is 10.0. The average Bonchev–Trinajstić information content (AvgIpc) is 3.38. The SMILES string of the molecule is CCC(CC)NC(=O)C1Cn2c(cc3sccc32)C(=O)N1C(C)CCc1ccccc1. The number of benzene rings is 1. The summed E-state index contributed by atoms with van der Waals surface area (Å²) in [4.78, 5) is 28.8. The van der Waals surface area contributed by atoms with Crippen molar-refractivity contribution in [3.05, 3.63) is 59.1 Å². The summed E-state index contributed by atoms with van der Waals surface area (Å²) in [6.45, 7) is 6.74. The number of carbonyl (C=O) groups excluding carboxylic acids is 2. The van der Waals surface area contributed by atoms with Crippen molar-refractivity contribution in [3.63, 3.8) is 0 Å². The fraction of sp³-hybridized carbons (Fsp3) is 0.440. The van der Waals surface area contributed by atoms with Crippen molar-refractivity contribution in [2.75, 3.05) is 0 Å². The molecule has 1 N–H and O–H groups in total. The lowest BCUT2D eigenvalue weighted by Gasteiger charge is -2.40. The minimum atomic E-state index is -0.498. The van der Waals surface area contributed by atoms with Gasteiger partial charge in [-0.3, -0.25) is 9.59 Å². The second-order valence-electron chi connectivity index (χ2n) is 8.43. The smallest absolute Gasteiger partial charge is 0.271 e. The number of nitrogens with zero attached hydrogens (tertiary/aromatic N) is 2. The first-order valence-electron chi connectivity index (χ1n) is 11.3. The third-order valence-electron chi connectivity index (χ3n) is 6.47. The molecule has 5 nitrogen and oxygen atoms in total. The monoisotopic (exact) mass is 437 g/mol. The molecule has 0 saturated heterocycles. The molecule has 0 fully saturated rings. The van der Waals surface area contributed by atoms with E-state index in [0.29, 0.717) is 12.2 Å². The van der Waals surface area contributed by atoms with Crippen LogP contribution < -0.4 is 5.32 Å². The Hall–Kier alpha value is -2.60. The van der Waals surface area contributed by atoms with Crippen molar-refractivity contribution in [2.45, 2.75) is 71.1 Å². The summed E-state index contributed by atoms with van der Waals surface area (Å²) in [5.41, 5.74) is 2.99. The van der Waals surface area contributed by atoms with Crippen molar-refractivity contribution >= 4 is 33.4 Å². The van der Waals surface area contributed by atoms with Gasteiger partial charge in [0.15, 0.2) is 0 Å². The van der Waals surface area contributed by atoms with Crippen LogP contribution in [0, 0.1) is 0 Å². The van der Waals surface area contributed by atoms with Crippen LogP contribution in [0.25, 0.3) is 10.2 Å². The van der Waals surface area contributed by atoms with Gasteiger partial charge in [-0.15, -0.1) is 11.3 Å². The van der Waals surface area contributed by atoms with Crippen LogP contribution in [-0.4, -0.2) is 39.4 Å². The normalized spacial score (nSPS) is 17.2. The van der Waals surface area contributed by atoms with E-state index < -0.39 is 6.04 Å². The van der Waals surface area contributed by atoms with Crippen LogP contribution in [0.15, 0.2) is 47.8 Å². The maximum absolute atomic E-state index is 13.6. The topological polar surface area (TPSA) is 54.3 Å². The molecule has 1 aliphatic heterocycles. The highest BCUT2D eigenvalue weighted by Gasteiger charge is 2.40. The number of carbonyl (C=O) groups is 2. The molecule has 0 bridgehead atoms. The predicted octanol–water partition coefficient (Wildman–Crippen LogP) is 4.85. The van der Waals surface area contributed by atoms with E-state index in [-0.39, 0.29) is 23.9 Å². The van der Waals surface area contributed by atoms with Crippen molar-refractivity contribution in [1.29, 1.82) is 0 Å². The molecule has 164 valence electrons. The summed E-state index contributed by atoms with van der Waals surface area (Å²) in [6.07, 6.45) is 3.47. The average molecular weight is 438 g/mol. The fourth-order valence-electron chi connectivity index (χ4n) is 4.55. The summed E-state index contributed by atoms with van der Waals surface area (Å²) >= 11 is 1.64. The number of hydrogen-bond acceptors (Lipinski definition) is 3. The molecule has 2 aromatic heterocycles. The Morgan fingerprint density at radius 3 is 2.65 bits per heavy atom. The van der Waals surface area contributed by atoms with Crippen LogP contribution in [0.5, 0.6) is 0 Å². The first kappa shape index (κ1) is 21.6. The number of thiophene rings is 1. The highest BCUT2D eigenvalue weighted by atomic mass is 32.1. The lowest BCUT2D eigenvalue weighted by molar-refractivity contribution is -0.128. The van der Waals surface area contributed by atoms with Gasteiger partial charge in [-0.05, 0) is 55.7 Å². The predicted molar refractivity (Wildman–Crippen MR) is 127 cm³/mol. The van der Waals surface area contributed by atoms with Crippen LogP contribution in [0.3, 0.4) is 0 Å². The second-order valence-corrected chi connectivity index (χ2v) is 9.38. The summed E-state index contributed by atoms with van der Waals surface area (Å²) in [6, 6.07) is 13.9. The Labute approximate surface area is 188 Å². The minimum absolute atomic E-state index is 0.0353. The van der Waals surface area contributed by atoms with Crippen LogP contribution in [0.1, 0.15) is 56.1 Å². The minimum Gasteiger partial charge on any atom is -0.352 e. The standard InChI is InChI=1S/C25H31N3O2S/c1-4-19(5-2)26-24(29)22-16-27-20-13-14-31-23(20)15-21(27)25(30)28(22)17(3)11-12-18-9-7-6-8-10-18/h6-10,13-15,17,19,22H,4-5,11-12,16H2,1-3H3,(H,26,29). The maximum atomic E-state index is 13.6. The van der Waals surface area contributed by atoms with Crippen LogP contribution in [-0.2, 0) is 17.8 Å². The molecule has 3 aromatic rings. The molecule has 0 aliphatic carbocycles. The fourth-order valence-corrected chi connectivity index (χ4v) is 5.37. The maximum Gasteiger partial charge on any atom is 0.271 e. The molecule has 0 saturated carbocycles. The summed E-state index contributed by atoms with van der Waals surface area (Å²) in [5.74, 6) is -0.0868. The number of aryl methyl sites for hydroxylation is 1. The quantitative estimate of drug-likeness (QED) is 0.547. The second kappa shape index (κ2) is 9.27.